The van der Waals surface area contributed by atoms with Crippen molar-refractivity contribution in [2.24, 2.45) is 0 Å². The summed E-state index contributed by atoms with van der Waals surface area (Å²) < 4.78 is 31.9. The van der Waals surface area contributed by atoms with E-state index in [1.807, 2.05) is 42.5 Å². The molecule has 6 heteroatoms. The fraction of sp³-hybridized carbons (Fsp3) is 0.350. The number of carbonyl (C=O) groups excluding carboxylic acids is 1. The highest BCUT2D eigenvalue weighted by Gasteiger charge is 2.27. The molecule has 0 aromatic heterocycles. The van der Waals surface area contributed by atoms with Crippen molar-refractivity contribution in [1.82, 2.24) is 4.31 Å². The molecule has 2 aromatic rings. The minimum absolute atomic E-state index is 0.0714. The maximum atomic E-state index is 13.1. The van der Waals surface area contributed by atoms with E-state index < -0.39 is 16.0 Å². The van der Waals surface area contributed by atoms with Gasteiger partial charge in [-0.05, 0) is 28.7 Å². The molecule has 5 nitrogen and oxygen atoms in total. The molecule has 0 heterocycles. The van der Waals surface area contributed by atoms with Crippen LogP contribution in [0.2, 0.25) is 0 Å². The molecule has 0 unspecified atom stereocenters. The van der Waals surface area contributed by atoms with Gasteiger partial charge in [0.15, 0.2) is 0 Å². The van der Waals surface area contributed by atoms with Gasteiger partial charge >= 0.3 is 5.97 Å². The molecule has 2 rings (SSSR count). The lowest BCUT2D eigenvalue weighted by Gasteiger charge is -2.23. The van der Waals surface area contributed by atoms with Crippen molar-refractivity contribution < 1.29 is 17.9 Å². The number of methoxy groups -OCH3 is 1. The first kappa shape index (κ1) is 20.1. The lowest BCUT2D eigenvalue weighted by atomic mass is 9.87. The summed E-state index contributed by atoms with van der Waals surface area (Å²) in [5.74, 6) is -0.601. The van der Waals surface area contributed by atoms with Gasteiger partial charge in [0.2, 0.25) is 10.0 Å². The maximum Gasteiger partial charge on any atom is 0.321 e. The molecule has 0 amide bonds. The molecular formula is C20H25NO4S. The van der Waals surface area contributed by atoms with Crippen molar-refractivity contribution in [3.63, 3.8) is 0 Å². The van der Waals surface area contributed by atoms with Crippen molar-refractivity contribution in [2.75, 3.05) is 13.7 Å². The second-order valence-electron chi connectivity index (χ2n) is 7.11. The van der Waals surface area contributed by atoms with E-state index >= 15 is 0 Å². The lowest BCUT2D eigenvalue weighted by Crippen LogP contribution is -2.35. The van der Waals surface area contributed by atoms with E-state index in [1.165, 1.54) is 7.11 Å². The first-order valence-electron chi connectivity index (χ1n) is 8.36. The Balaban J connectivity index is 2.36. The number of sulfonamides is 1. The first-order valence-corrected chi connectivity index (χ1v) is 9.80. The van der Waals surface area contributed by atoms with Crippen LogP contribution in [0.5, 0.6) is 0 Å². The van der Waals surface area contributed by atoms with Gasteiger partial charge in [-0.15, -0.1) is 0 Å². The number of ether oxygens (including phenoxy) is 1. The molecule has 0 radical (unpaired) electrons. The van der Waals surface area contributed by atoms with Crippen LogP contribution >= 0.6 is 0 Å². The smallest absolute Gasteiger partial charge is 0.321 e. The van der Waals surface area contributed by atoms with Crippen molar-refractivity contribution >= 4 is 16.0 Å². The van der Waals surface area contributed by atoms with E-state index in [-0.39, 0.29) is 23.4 Å². The number of nitrogens with zero attached hydrogens (tertiary/aromatic N) is 1. The maximum absolute atomic E-state index is 13.1. The summed E-state index contributed by atoms with van der Waals surface area (Å²) in [4.78, 5) is 11.9. The van der Waals surface area contributed by atoms with E-state index in [2.05, 4.69) is 25.5 Å². The third-order valence-corrected chi connectivity index (χ3v) is 5.90. The number of rotatable bonds is 6. The molecule has 0 fully saturated rings. The summed E-state index contributed by atoms with van der Waals surface area (Å²) in [5.41, 5.74) is 1.77. The first-order chi connectivity index (χ1) is 12.1. The summed E-state index contributed by atoms with van der Waals surface area (Å²) >= 11 is 0. The minimum Gasteiger partial charge on any atom is -0.468 e. The monoisotopic (exact) mass is 375 g/mol. The molecule has 0 aliphatic carbocycles. The molecule has 0 aliphatic heterocycles. The Morgan fingerprint density at radius 3 is 2.08 bits per heavy atom. The SMILES string of the molecule is COC(=O)CN(Cc1ccccc1)S(=O)(=O)c1ccc(C(C)(C)C)cc1. The molecule has 140 valence electrons. The average molecular weight is 375 g/mol. The molecule has 2 aromatic carbocycles. The number of hydrogen-bond donors (Lipinski definition) is 0. The zero-order chi connectivity index (χ0) is 19.4. The Labute approximate surface area is 155 Å². The van der Waals surface area contributed by atoms with Crippen LogP contribution in [0.15, 0.2) is 59.5 Å². The van der Waals surface area contributed by atoms with Crippen LogP contribution in [0.25, 0.3) is 0 Å². The molecule has 0 bridgehead atoms. The van der Waals surface area contributed by atoms with Gasteiger partial charge in [0.05, 0.1) is 12.0 Å². The molecule has 26 heavy (non-hydrogen) atoms. The fourth-order valence-electron chi connectivity index (χ4n) is 2.50. The van der Waals surface area contributed by atoms with Gasteiger partial charge in [0.1, 0.15) is 6.54 Å². The zero-order valence-corrected chi connectivity index (χ0v) is 16.4. The molecule has 0 aliphatic rings. The van der Waals surface area contributed by atoms with Crippen molar-refractivity contribution in [3.8, 4) is 0 Å². The van der Waals surface area contributed by atoms with Crippen LogP contribution in [0.3, 0.4) is 0 Å². The van der Waals surface area contributed by atoms with Gasteiger partial charge in [-0.1, -0.05) is 63.2 Å². The van der Waals surface area contributed by atoms with Crippen molar-refractivity contribution in [3.05, 3.63) is 65.7 Å². The van der Waals surface area contributed by atoms with Gasteiger partial charge in [0, 0.05) is 6.54 Å². The van der Waals surface area contributed by atoms with Crippen LogP contribution in [0.1, 0.15) is 31.9 Å². The Morgan fingerprint density at radius 1 is 1.00 bits per heavy atom. The van der Waals surface area contributed by atoms with E-state index in [4.69, 9.17) is 0 Å². The van der Waals surface area contributed by atoms with Crippen molar-refractivity contribution in [2.45, 2.75) is 37.6 Å². The second kappa shape index (κ2) is 8.01. The van der Waals surface area contributed by atoms with Gasteiger partial charge in [-0.3, -0.25) is 4.79 Å². The predicted molar refractivity (Wildman–Crippen MR) is 101 cm³/mol. The number of benzene rings is 2. The van der Waals surface area contributed by atoms with Crippen LogP contribution in [0.4, 0.5) is 0 Å². The molecule has 0 spiro atoms. The quantitative estimate of drug-likeness (QED) is 0.727. The second-order valence-corrected chi connectivity index (χ2v) is 9.05. The largest absolute Gasteiger partial charge is 0.468 e. The van der Waals surface area contributed by atoms with Crippen LogP contribution in [-0.2, 0) is 31.5 Å². The summed E-state index contributed by atoms with van der Waals surface area (Å²) in [6.45, 7) is 5.95. The molecular weight excluding hydrogens is 350 g/mol. The summed E-state index contributed by atoms with van der Waals surface area (Å²) in [5, 5.41) is 0. The van der Waals surface area contributed by atoms with Gasteiger partial charge in [-0.25, -0.2) is 8.42 Å². The number of carbonyl (C=O) groups is 1. The van der Waals surface area contributed by atoms with Crippen LogP contribution in [-0.4, -0.2) is 32.3 Å². The molecule has 0 saturated heterocycles. The third kappa shape index (κ3) is 4.93. The highest BCUT2D eigenvalue weighted by Crippen LogP contribution is 2.25. The van der Waals surface area contributed by atoms with Gasteiger partial charge in [0.25, 0.3) is 0 Å². The van der Waals surface area contributed by atoms with E-state index in [0.29, 0.717) is 0 Å². The van der Waals surface area contributed by atoms with Gasteiger partial charge in [-0.2, -0.15) is 4.31 Å². The highest BCUT2D eigenvalue weighted by molar-refractivity contribution is 7.89. The Morgan fingerprint density at radius 2 is 1.58 bits per heavy atom. The summed E-state index contributed by atoms with van der Waals surface area (Å²) in [6, 6.07) is 16.0. The van der Waals surface area contributed by atoms with E-state index in [9.17, 15) is 13.2 Å². The Kier molecular flexibility index (Phi) is 6.21. The summed E-state index contributed by atoms with van der Waals surface area (Å²) in [6.07, 6.45) is 0. The normalized spacial score (nSPS) is 12.2. The summed E-state index contributed by atoms with van der Waals surface area (Å²) in [7, 11) is -2.59. The predicted octanol–water partition coefficient (Wildman–Crippen LogP) is 3.35. The van der Waals surface area contributed by atoms with E-state index in [0.717, 1.165) is 15.4 Å². The molecule has 0 atom stereocenters. The van der Waals surface area contributed by atoms with Crippen molar-refractivity contribution in [1.29, 1.82) is 0 Å². The molecule has 0 N–H and O–H groups in total. The zero-order valence-electron chi connectivity index (χ0n) is 15.6. The van der Waals surface area contributed by atoms with Crippen LogP contribution < -0.4 is 0 Å². The van der Waals surface area contributed by atoms with E-state index in [1.54, 1.807) is 12.1 Å². The number of hydrogen-bond acceptors (Lipinski definition) is 4. The highest BCUT2D eigenvalue weighted by atomic mass is 32.2. The topological polar surface area (TPSA) is 63.7 Å². The lowest BCUT2D eigenvalue weighted by molar-refractivity contribution is -0.140. The number of esters is 1. The molecule has 0 saturated carbocycles. The fourth-order valence-corrected chi connectivity index (χ4v) is 3.87. The Hall–Kier alpha value is -2.18. The standard InChI is InChI=1S/C20H25NO4S/c1-20(2,3)17-10-12-18(13-11-17)26(23,24)21(15-19(22)25-4)14-16-8-6-5-7-9-16/h5-13H,14-15H2,1-4H3. The minimum atomic E-state index is -3.83. The Bertz CT molecular complexity index is 838. The average Bonchev–Trinajstić information content (AvgIpc) is 2.61. The van der Waals surface area contributed by atoms with Crippen LogP contribution in [0, 0.1) is 0 Å². The van der Waals surface area contributed by atoms with Gasteiger partial charge < -0.3 is 4.74 Å². The third-order valence-electron chi connectivity index (χ3n) is 4.09.